The van der Waals surface area contributed by atoms with E-state index in [2.05, 4.69) is 10.6 Å². The highest BCUT2D eigenvalue weighted by molar-refractivity contribution is 5.95. The van der Waals surface area contributed by atoms with E-state index in [9.17, 15) is 34.5 Å². The van der Waals surface area contributed by atoms with Crippen molar-refractivity contribution in [3.8, 4) is 0 Å². The minimum Gasteiger partial charge on any atom is -0.478 e. The van der Waals surface area contributed by atoms with Gasteiger partial charge < -0.3 is 35.6 Å². The molecule has 5 N–H and O–H groups in total. The minimum absolute atomic E-state index is 0.352. The number of carboxylic acids is 1. The molecule has 0 aliphatic rings. The fourth-order valence-electron chi connectivity index (χ4n) is 4.53. The zero-order valence-corrected chi connectivity index (χ0v) is 23.7. The number of hydrogen-bond acceptors (Lipinski definition) is 9. The molecule has 0 radical (unpaired) electrons. The monoisotopic (exact) mass is 531 g/mol. The van der Waals surface area contributed by atoms with Crippen molar-refractivity contribution in [3.05, 3.63) is 0 Å². The summed E-state index contributed by atoms with van der Waals surface area (Å²) in [7, 11) is 4.66. The minimum atomic E-state index is -2.30. The van der Waals surface area contributed by atoms with Crippen LogP contribution in [0.25, 0.3) is 0 Å². The van der Waals surface area contributed by atoms with Crippen molar-refractivity contribution in [3.63, 3.8) is 0 Å². The number of rotatable bonds is 19. The van der Waals surface area contributed by atoms with Crippen LogP contribution in [-0.4, -0.2) is 101 Å². The Labute approximate surface area is 221 Å². The van der Waals surface area contributed by atoms with Crippen LogP contribution >= 0.6 is 0 Å². The van der Waals surface area contributed by atoms with E-state index in [1.807, 2.05) is 6.92 Å². The lowest BCUT2D eigenvalue weighted by Gasteiger charge is -2.37. The number of aliphatic hydroxyl groups excluding tert-OH is 2. The summed E-state index contributed by atoms with van der Waals surface area (Å²) in [5.41, 5.74) is -2.30. The van der Waals surface area contributed by atoms with Gasteiger partial charge in [0.2, 0.25) is 11.5 Å². The number of aliphatic carboxylic acids is 1. The molecule has 0 fully saturated rings. The summed E-state index contributed by atoms with van der Waals surface area (Å²) in [6.07, 6.45) is -0.249. The van der Waals surface area contributed by atoms with Gasteiger partial charge in [0.05, 0.1) is 30.7 Å². The SMILES string of the molecule is CCC[C@H](NC)C(=O)OC(CC(=O)[C@@H]([C@H](C)CCCC(C)O)N(C)C(=O)[C@H](C)NC)(CC(C)O)C(=O)O. The maximum absolute atomic E-state index is 13.8. The summed E-state index contributed by atoms with van der Waals surface area (Å²) in [4.78, 5) is 53.5. The zero-order valence-electron chi connectivity index (χ0n) is 23.7. The van der Waals surface area contributed by atoms with Gasteiger partial charge in [-0.05, 0) is 60.0 Å². The molecule has 0 saturated heterocycles. The lowest BCUT2D eigenvalue weighted by Crippen LogP contribution is -2.56. The van der Waals surface area contributed by atoms with Crippen molar-refractivity contribution in [1.82, 2.24) is 15.5 Å². The molecule has 0 bridgehead atoms. The smallest absolute Gasteiger partial charge is 0.348 e. The molecule has 0 aromatic rings. The van der Waals surface area contributed by atoms with E-state index in [0.717, 1.165) is 0 Å². The van der Waals surface area contributed by atoms with Crippen LogP contribution in [0.4, 0.5) is 0 Å². The van der Waals surface area contributed by atoms with E-state index < -0.39 is 66.5 Å². The van der Waals surface area contributed by atoms with Crippen LogP contribution in [-0.2, 0) is 23.9 Å². The summed E-state index contributed by atoms with van der Waals surface area (Å²) < 4.78 is 5.51. The summed E-state index contributed by atoms with van der Waals surface area (Å²) in [6.45, 7) is 8.34. The highest BCUT2D eigenvalue weighted by Crippen LogP contribution is 2.29. The number of Topliss-reactive ketones (excluding diaryl/α,β-unsaturated/α-hetero) is 1. The van der Waals surface area contributed by atoms with Crippen LogP contribution in [0, 0.1) is 5.92 Å². The first kappa shape index (κ1) is 34.9. The van der Waals surface area contributed by atoms with Gasteiger partial charge >= 0.3 is 11.9 Å². The quantitative estimate of drug-likeness (QED) is 0.152. The molecule has 37 heavy (non-hydrogen) atoms. The average molecular weight is 532 g/mol. The predicted octanol–water partition coefficient (Wildman–Crippen LogP) is 1.09. The fraction of sp³-hybridized carbons (Fsp3) is 0.846. The second kappa shape index (κ2) is 16.7. The largest absolute Gasteiger partial charge is 0.478 e. The van der Waals surface area contributed by atoms with E-state index >= 15 is 0 Å². The number of carbonyl (C=O) groups is 4. The number of ether oxygens (including phenoxy) is 1. The average Bonchev–Trinajstić information content (AvgIpc) is 2.80. The van der Waals surface area contributed by atoms with Crippen molar-refractivity contribution in [2.75, 3.05) is 21.1 Å². The van der Waals surface area contributed by atoms with Crippen molar-refractivity contribution < 1.29 is 39.2 Å². The second-order valence-electron chi connectivity index (χ2n) is 10.2. The summed E-state index contributed by atoms with van der Waals surface area (Å²) in [5.74, 6) is -3.68. The highest BCUT2D eigenvalue weighted by atomic mass is 16.6. The maximum Gasteiger partial charge on any atom is 0.348 e. The standard InChI is InChI=1S/C26H49N3O8/c1-9-11-20(28-7)24(34)37-26(25(35)36,14-18(4)31)15-21(32)22(16(2)12-10-13-17(3)30)29(8)23(33)19(5)27-6/h16-20,22,27-28,30-31H,9-15H2,1-8H3,(H,35,36)/t16-,17?,18?,19+,20+,22-,26?/m1/s1. The number of amides is 1. The first-order valence-corrected chi connectivity index (χ1v) is 13.1. The molecule has 3 unspecified atom stereocenters. The van der Waals surface area contributed by atoms with E-state index in [-0.39, 0.29) is 11.8 Å². The summed E-state index contributed by atoms with van der Waals surface area (Å²) >= 11 is 0. The number of carbonyl (C=O) groups excluding carboxylic acids is 3. The number of carboxylic acid groups (broad SMARTS) is 1. The van der Waals surface area contributed by atoms with Gasteiger partial charge in [-0.25, -0.2) is 4.79 Å². The first-order valence-electron chi connectivity index (χ1n) is 13.1. The molecule has 0 rings (SSSR count). The molecule has 11 nitrogen and oxygen atoms in total. The van der Waals surface area contributed by atoms with Crippen molar-refractivity contribution in [2.45, 2.75) is 115 Å². The molecule has 1 amide bonds. The van der Waals surface area contributed by atoms with Gasteiger partial charge in [0, 0.05) is 13.5 Å². The van der Waals surface area contributed by atoms with Crippen LogP contribution in [0.1, 0.15) is 79.6 Å². The number of aliphatic hydroxyl groups is 2. The molecule has 0 spiro atoms. The zero-order chi connectivity index (χ0) is 28.9. The summed E-state index contributed by atoms with van der Waals surface area (Å²) in [5, 5.41) is 35.5. The number of ketones is 1. The van der Waals surface area contributed by atoms with Gasteiger partial charge in [0.1, 0.15) is 6.04 Å². The molecule has 0 heterocycles. The number of esters is 1. The Morgan fingerprint density at radius 3 is 1.97 bits per heavy atom. The molecular weight excluding hydrogens is 482 g/mol. The van der Waals surface area contributed by atoms with Crippen LogP contribution in [0.2, 0.25) is 0 Å². The second-order valence-corrected chi connectivity index (χ2v) is 10.2. The van der Waals surface area contributed by atoms with Crippen molar-refractivity contribution in [2.24, 2.45) is 5.92 Å². The maximum atomic E-state index is 13.8. The molecular formula is C26H49N3O8. The lowest BCUT2D eigenvalue weighted by atomic mass is 9.83. The highest BCUT2D eigenvalue weighted by Gasteiger charge is 2.49. The third-order valence-corrected chi connectivity index (χ3v) is 6.70. The Morgan fingerprint density at radius 1 is 0.946 bits per heavy atom. The number of nitrogens with zero attached hydrogens (tertiary/aromatic N) is 1. The third kappa shape index (κ3) is 11.1. The molecule has 0 aliphatic heterocycles. The van der Waals surface area contributed by atoms with Gasteiger partial charge in [-0.2, -0.15) is 0 Å². The van der Waals surface area contributed by atoms with Gasteiger partial charge in [0.25, 0.3) is 0 Å². The normalized spacial score (nSPS) is 18.0. The Kier molecular flexibility index (Phi) is 15.8. The van der Waals surface area contributed by atoms with E-state index in [1.165, 1.54) is 18.9 Å². The summed E-state index contributed by atoms with van der Waals surface area (Å²) in [6, 6.07) is -2.36. The van der Waals surface area contributed by atoms with Gasteiger partial charge in [-0.3, -0.25) is 14.4 Å². The van der Waals surface area contributed by atoms with Crippen LogP contribution in [0.3, 0.4) is 0 Å². The van der Waals surface area contributed by atoms with Gasteiger partial charge in [-0.1, -0.05) is 26.7 Å². The third-order valence-electron chi connectivity index (χ3n) is 6.70. The van der Waals surface area contributed by atoms with Crippen LogP contribution in [0.15, 0.2) is 0 Å². The Morgan fingerprint density at radius 2 is 1.54 bits per heavy atom. The molecule has 0 aromatic heterocycles. The van der Waals surface area contributed by atoms with Gasteiger partial charge in [0.15, 0.2) is 5.78 Å². The molecule has 7 atom stereocenters. The molecule has 11 heteroatoms. The lowest BCUT2D eigenvalue weighted by molar-refractivity contribution is -0.186. The Balaban J connectivity index is 6.32. The van der Waals surface area contributed by atoms with Crippen molar-refractivity contribution >= 4 is 23.6 Å². The number of hydrogen-bond donors (Lipinski definition) is 5. The Hall–Kier alpha value is -2.08. The molecule has 0 aromatic carbocycles. The fourth-order valence-corrected chi connectivity index (χ4v) is 4.53. The molecule has 0 saturated carbocycles. The molecule has 216 valence electrons. The van der Waals surface area contributed by atoms with E-state index in [0.29, 0.717) is 32.1 Å². The predicted molar refractivity (Wildman–Crippen MR) is 140 cm³/mol. The number of nitrogens with one attached hydrogen (secondary N) is 2. The van der Waals surface area contributed by atoms with E-state index in [4.69, 9.17) is 4.74 Å². The first-order chi connectivity index (χ1) is 17.2. The van der Waals surface area contributed by atoms with Crippen molar-refractivity contribution in [1.29, 1.82) is 0 Å². The topological polar surface area (TPSA) is 165 Å². The number of likely N-dealkylation sites (N-methyl/N-ethyl adjacent to an activating group) is 3. The molecule has 0 aliphatic carbocycles. The Bertz CT molecular complexity index is 745. The van der Waals surface area contributed by atoms with E-state index in [1.54, 1.807) is 34.9 Å². The van der Waals surface area contributed by atoms with Crippen LogP contribution in [0.5, 0.6) is 0 Å². The van der Waals surface area contributed by atoms with Crippen LogP contribution < -0.4 is 10.6 Å². The van der Waals surface area contributed by atoms with Gasteiger partial charge in [-0.15, -0.1) is 0 Å².